The van der Waals surface area contributed by atoms with Crippen LogP contribution in [-0.4, -0.2) is 240 Å². The van der Waals surface area contributed by atoms with E-state index >= 15 is 0 Å². The Morgan fingerprint density at radius 3 is 1.83 bits per heavy atom. The lowest BCUT2D eigenvalue weighted by Crippen LogP contribution is -2.68. The van der Waals surface area contributed by atoms with E-state index < -0.39 is 154 Å². The van der Waals surface area contributed by atoms with Crippen LogP contribution in [0.1, 0.15) is 6.92 Å². The van der Waals surface area contributed by atoms with Crippen molar-refractivity contribution in [1.82, 2.24) is 10.6 Å². The lowest BCUT2D eigenvalue weighted by molar-refractivity contribution is -0.357. The van der Waals surface area contributed by atoms with Gasteiger partial charge < -0.3 is 111 Å². The molecule has 312 valence electrons. The van der Waals surface area contributed by atoms with Crippen LogP contribution in [0.5, 0.6) is 0 Å². The Labute approximate surface area is 309 Å². The number of ether oxygens (including phenoxy) is 6. The molecule has 22 nitrogen and oxygen atoms in total. The lowest BCUT2D eigenvalue weighted by atomic mass is 9.86. The summed E-state index contributed by atoms with van der Waals surface area (Å²) in [5, 5.41) is 153. The molecule has 54 heavy (non-hydrogen) atoms. The Morgan fingerprint density at radius 1 is 0.630 bits per heavy atom. The van der Waals surface area contributed by atoms with Gasteiger partial charge in [0.05, 0.1) is 56.7 Å². The maximum absolute atomic E-state index is 11.1. The molecule has 0 amide bonds. The van der Waals surface area contributed by atoms with Crippen LogP contribution < -0.4 is 10.6 Å². The first-order chi connectivity index (χ1) is 25.6. The molecular formula is C32H54N2O20. The smallest absolute Gasteiger partial charge is 0.187 e. The van der Waals surface area contributed by atoms with Gasteiger partial charge in [-0.25, -0.2) is 0 Å². The molecule has 0 aromatic heterocycles. The van der Waals surface area contributed by atoms with Crippen molar-refractivity contribution in [3.05, 3.63) is 23.3 Å². The van der Waals surface area contributed by atoms with E-state index in [0.717, 1.165) is 0 Å². The van der Waals surface area contributed by atoms with Crippen molar-refractivity contribution in [3.8, 4) is 0 Å². The fraction of sp³-hybridized carbons (Fsp3) is 0.875. The van der Waals surface area contributed by atoms with Crippen LogP contribution in [0.25, 0.3) is 0 Å². The van der Waals surface area contributed by atoms with E-state index in [4.69, 9.17) is 28.4 Å². The van der Waals surface area contributed by atoms with Crippen LogP contribution in [0.4, 0.5) is 0 Å². The van der Waals surface area contributed by atoms with Crippen molar-refractivity contribution in [3.63, 3.8) is 0 Å². The standard InChI is InChI=1S/C32H54N2O20/c1-9-16(34-13-3-10(5-35)17(38)22(43)18(13)39)21(42)26(47)31(51-9)54-29-15(7-37)52-32(27(48)24(29)45)53-28-11(6-36)4-12(19(40)23(28)44)33-14-8-50-30(49-2)25(46)20(14)41/h3-4,9,12-48H,5-8H2,1-2H3. The monoisotopic (exact) mass is 786 g/mol. The predicted molar refractivity (Wildman–Crippen MR) is 174 cm³/mol. The third kappa shape index (κ3) is 8.70. The number of hydrogen-bond donors (Lipinski definition) is 16. The summed E-state index contributed by atoms with van der Waals surface area (Å²) in [6.07, 6.45) is -26.0. The number of hydrogen-bond acceptors (Lipinski definition) is 22. The molecular weight excluding hydrogens is 732 g/mol. The molecule has 0 saturated carbocycles. The highest BCUT2D eigenvalue weighted by Gasteiger charge is 2.53. The topological polar surface area (TPSA) is 363 Å². The summed E-state index contributed by atoms with van der Waals surface area (Å²) < 4.78 is 33.3. The van der Waals surface area contributed by atoms with E-state index in [2.05, 4.69) is 10.6 Å². The Bertz CT molecular complexity index is 1280. The van der Waals surface area contributed by atoms with Gasteiger partial charge in [-0.1, -0.05) is 12.2 Å². The summed E-state index contributed by atoms with van der Waals surface area (Å²) in [5.41, 5.74) is 0.0105. The largest absolute Gasteiger partial charge is 0.394 e. The summed E-state index contributed by atoms with van der Waals surface area (Å²) in [7, 11) is 1.28. The zero-order valence-electron chi connectivity index (χ0n) is 29.4. The highest BCUT2D eigenvalue weighted by Crippen LogP contribution is 2.33. The van der Waals surface area contributed by atoms with Gasteiger partial charge in [0, 0.05) is 7.11 Å². The molecule has 22 heteroatoms. The van der Waals surface area contributed by atoms with Gasteiger partial charge >= 0.3 is 0 Å². The molecule has 22 atom stereocenters. The van der Waals surface area contributed by atoms with Gasteiger partial charge in [-0.05, 0) is 18.1 Å². The van der Waals surface area contributed by atoms with Crippen LogP contribution in [0.2, 0.25) is 0 Å². The number of methoxy groups -OCH3 is 1. The highest BCUT2D eigenvalue weighted by atomic mass is 16.7. The highest BCUT2D eigenvalue weighted by molar-refractivity contribution is 5.24. The summed E-state index contributed by atoms with van der Waals surface area (Å²) in [4.78, 5) is 0. The SMILES string of the molecule is COC1OCC(NC2C=C(CO)C(OC3OC(CO)C(OC4OC(C)C(NC5C=C(CO)C(O)C(O)C5O)C(O)C4O)C(O)C3O)C(O)C2O)C(O)C1O. The molecule has 5 aliphatic rings. The van der Waals surface area contributed by atoms with Gasteiger partial charge in [0.25, 0.3) is 0 Å². The maximum atomic E-state index is 11.1. The molecule has 16 N–H and O–H groups in total. The summed E-state index contributed by atoms with van der Waals surface area (Å²) in [6, 6.07) is -4.24. The van der Waals surface area contributed by atoms with Crippen LogP contribution in [0, 0.1) is 0 Å². The molecule has 3 heterocycles. The molecule has 3 aliphatic heterocycles. The van der Waals surface area contributed by atoms with Crippen molar-refractivity contribution in [2.24, 2.45) is 0 Å². The van der Waals surface area contributed by atoms with E-state index in [1.165, 1.54) is 26.2 Å². The molecule has 22 unspecified atom stereocenters. The number of nitrogens with one attached hydrogen (secondary N) is 2. The molecule has 3 fully saturated rings. The maximum Gasteiger partial charge on any atom is 0.187 e. The minimum Gasteiger partial charge on any atom is -0.394 e. The third-order valence-corrected chi connectivity index (χ3v) is 10.7. The molecule has 0 bridgehead atoms. The van der Waals surface area contributed by atoms with Gasteiger partial charge in [-0.15, -0.1) is 0 Å². The van der Waals surface area contributed by atoms with Crippen LogP contribution in [0.3, 0.4) is 0 Å². The molecule has 0 aromatic carbocycles. The number of aliphatic hydroxyl groups is 14. The first-order valence-corrected chi connectivity index (χ1v) is 17.6. The molecule has 5 rings (SSSR count). The van der Waals surface area contributed by atoms with Crippen molar-refractivity contribution < 1.29 is 99.9 Å². The van der Waals surface area contributed by atoms with E-state index in [0.29, 0.717) is 0 Å². The van der Waals surface area contributed by atoms with E-state index in [1.54, 1.807) is 0 Å². The number of aliphatic hydroxyl groups excluding tert-OH is 14. The molecule has 0 spiro atoms. The van der Waals surface area contributed by atoms with Crippen molar-refractivity contribution in [2.45, 2.75) is 142 Å². The van der Waals surface area contributed by atoms with Gasteiger partial charge in [0.15, 0.2) is 18.9 Å². The van der Waals surface area contributed by atoms with Crippen molar-refractivity contribution in [2.75, 3.05) is 33.5 Å². The summed E-state index contributed by atoms with van der Waals surface area (Å²) in [5.74, 6) is 0. The quantitative estimate of drug-likeness (QED) is 0.0817. The normalized spacial score (nSPS) is 50.4. The zero-order chi connectivity index (χ0) is 39.8. The Morgan fingerprint density at radius 2 is 1.20 bits per heavy atom. The average Bonchev–Trinajstić information content (AvgIpc) is 3.16. The molecule has 0 aromatic rings. The second-order valence-corrected chi connectivity index (χ2v) is 14.2. The average molecular weight is 787 g/mol. The van der Waals surface area contributed by atoms with E-state index in [-0.39, 0.29) is 17.8 Å². The minimum atomic E-state index is -1.96. The van der Waals surface area contributed by atoms with Gasteiger partial charge in [-0.3, -0.25) is 0 Å². The van der Waals surface area contributed by atoms with E-state index in [1.807, 2.05) is 0 Å². The second kappa shape index (κ2) is 18.5. The fourth-order valence-electron chi connectivity index (χ4n) is 7.46. The Kier molecular flexibility index (Phi) is 14.9. The Balaban J connectivity index is 1.23. The van der Waals surface area contributed by atoms with Crippen LogP contribution >= 0.6 is 0 Å². The predicted octanol–water partition coefficient (Wildman–Crippen LogP) is -9.29. The second-order valence-electron chi connectivity index (χ2n) is 14.2. The lowest BCUT2D eigenvalue weighted by Gasteiger charge is -2.48. The van der Waals surface area contributed by atoms with Crippen LogP contribution in [0.15, 0.2) is 23.3 Å². The molecule has 3 saturated heterocycles. The first kappa shape index (κ1) is 43.7. The Hall–Kier alpha value is -1.40. The van der Waals surface area contributed by atoms with Gasteiger partial charge in [0.2, 0.25) is 0 Å². The first-order valence-electron chi connectivity index (χ1n) is 17.6. The summed E-state index contributed by atoms with van der Waals surface area (Å²) >= 11 is 0. The number of rotatable bonds is 12. The minimum absolute atomic E-state index is 0.00424. The fourth-order valence-corrected chi connectivity index (χ4v) is 7.46. The van der Waals surface area contributed by atoms with Crippen molar-refractivity contribution in [1.29, 1.82) is 0 Å². The third-order valence-electron chi connectivity index (χ3n) is 10.7. The van der Waals surface area contributed by atoms with Crippen molar-refractivity contribution >= 4 is 0 Å². The van der Waals surface area contributed by atoms with Gasteiger partial charge in [0.1, 0.15) is 85.5 Å². The summed E-state index contributed by atoms with van der Waals surface area (Å²) in [6.45, 7) is -0.869. The molecule has 0 radical (unpaired) electrons. The van der Waals surface area contributed by atoms with Crippen LogP contribution in [-0.2, 0) is 28.4 Å². The van der Waals surface area contributed by atoms with Gasteiger partial charge in [-0.2, -0.15) is 0 Å². The van der Waals surface area contributed by atoms with E-state index in [9.17, 15) is 71.5 Å². The zero-order valence-corrected chi connectivity index (χ0v) is 29.4. The molecule has 2 aliphatic carbocycles.